The van der Waals surface area contributed by atoms with E-state index in [1.807, 2.05) is 20.1 Å². The fourth-order valence-electron chi connectivity index (χ4n) is 3.70. The highest BCUT2D eigenvalue weighted by molar-refractivity contribution is 7.98. The fraction of sp³-hybridized carbons (Fsp3) is 0.773. The summed E-state index contributed by atoms with van der Waals surface area (Å²) in [6, 6.07) is -3.26. The Morgan fingerprint density at radius 2 is 1.69 bits per heavy atom. The van der Waals surface area contributed by atoms with E-state index < -0.39 is 35.9 Å². The van der Waals surface area contributed by atoms with Gasteiger partial charge in [0.05, 0.1) is 6.04 Å². The van der Waals surface area contributed by atoms with E-state index >= 15 is 0 Å². The van der Waals surface area contributed by atoms with Crippen molar-refractivity contribution in [1.82, 2.24) is 21.3 Å². The molecule has 0 radical (unpaired) electrons. The SMILES string of the molecule is CSCCC(NC(=O)C1CCCN1)C(=O)NC(CCCN=C(N)N)C(=O)NC(CC(C)C)C(=O)O. The summed E-state index contributed by atoms with van der Waals surface area (Å²) in [6.07, 6.45) is 4.69. The Morgan fingerprint density at radius 1 is 1.06 bits per heavy atom. The smallest absolute Gasteiger partial charge is 0.326 e. The van der Waals surface area contributed by atoms with Gasteiger partial charge in [0.2, 0.25) is 17.7 Å². The van der Waals surface area contributed by atoms with Crippen molar-refractivity contribution in [1.29, 1.82) is 0 Å². The molecule has 1 saturated heterocycles. The lowest BCUT2D eigenvalue weighted by atomic mass is 10.0. The highest BCUT2D eigenvalue weighted by Gasteiger charge is 2.31. The zero-order valence-electron chi connectivity index (χ0n) is 20.8. The van der Waals surface area contributed by atoms with E-state index in [4.69, 9.17) is 11.5 Å². The number of hydrogen-bond acceptors (Lipinski definition) is 7. The quantitative estimate of drug-likeness (QED) is 0.0775. The fourth-order valence-corrected chi connectivity index (χ4v) is 4.17. The molecule has 0 spiro atoms. The molecule has 35 heavy (non-hydrogen) atoms. The van der Waals surface area contributed by atoms with Crippen LogP contribution in [0.1, 0.15) is 52.4 Å². The van der Waals surface area contributed by atoms with Crippen LogP contribution < -0.4 is 32.7 Å². The molecule has 13 heteroatoms. The van der Waals surface area contributed by atoms with Crippen LogP contribution in [-0.2, 0) is 19.2 Å². The molecule has 0 bridgehead atoms. The third kappa shape index (κ3) is 12.1. The zero-order chi connectivity index (χ0) is 26.4. The van der Waals surface area contributed by atoms with Crippen LogP contribution in [0.3, 0.4) is 0 Å². The second kappa shape index (κ2) is 16.2. The van der Waals surface area contributed by atoms with Crippen molar-refractivity contribution in [2.45, 2.75) is 76.5 Å². The van der Waals surface area contributed by atoms with E-state index in [-0.39, 0.29) is 43.2 Å². The highest BCUT2D eigenvalue weighted by Crippen LogP contribution is 2.10. The number of rotatable bonds is 16. The Balaban J connectivity index is 2.94. The van der Waals surface area contributed by atoms with Gasteiger partial charge in [0, 0.05) is 6.54 Å². The van der Waals surface area contributed by atoms with Crippen LogP contribution in [0.4, 0.5) is 0 Å². The number of carboxylic acid groups (broad SMARTS) is 1. The molecule has 9 N–H and O–H groups in total. The van der Waals surface area contributed by atoms with E-state index in [1.165, 1.54) is 11.8 Å². The topological polar surface area (TPSA) is 201 Å². The van der Waals surface area contributed by atoms with Gasteiger partial charge in [0.15, 0.2) is 5.96 Å². The van der Waals surface area contributed by atoms with Gasteiger partial charge in [-0.25, -0.2) is 4.79 Å². The molecule has 1 aliphatic heterocycles. The average Bonchev–Trinajstić information content (AvgIpc) is 3.32. The van der Waals surface area contributed by atoms with E-state index in [2.05, 4.69) is 26.3 Å². The molecule has 1 rings (SSSR count). The normalized spacial score (nSPS) is 17.8. The van der Waals surface area contributed by atoms with Crippen molar-refractivity contribution in [3.8, 4) is 0 Å². The summed E-state index contributed by atoms with van der Waals surface area (Å²) in [5.74, 6) is -1.91. The minimum Gasteiger partial charge on any atom is -0.480 e. The Morgan fingerprint density at radius 3 is 2.20 bits per heavy atom. The number of nitrogens with one attached hydrogen (secondary N) is 4. The van der Waals surface area contributed by atoms with Gasteiger partial charge in [-0.2, -0.15) is 11.8 Å². The summed E-state index contributed by atoms with van der Waals surface area (Å²) in [5, 5.41) is 20.6. The summed E-state index contributed by atoms with van der Waals surface area (Å²) in [6.45, 7) is 4.71. The molecule has 0 saturated carbocycles. The largest absolute Gasteiger partial charge is 0.480 e. The van der Waals surface area contributed by atoms with E-state index in [1.54, 1.807) is 0 Å². The maximum absolute atomic E-state index is 13.1. The minimum absolute atomic E-state index is 0.0432. The summed E-state index contributed by atoms with van der Waals surface area (Å²) in [4.78, 5) is 54.2. The minimum atomic E-state index is -1.15. The van der Waals surface area contributed by atoms with Gasteiger partial charge >= 0.3 is 5.97 Å². The number of aliphatic carboxylic acids is 1. The number of carbonyl (C=O) groups excluding carboxylic acids is 3. The third-order valence-corrected chi connectivity index (χ3v) is 6.16. The van der Waals surface area contributed by atoms with Gasteiger partial charge in [-0.1, -0.05) is 13.8 Å². The number of aliphatic imine (C=N–C) groups is 1. The molecule has 1 aliphatic rings. The molecule has 1 fully saturated rings. The van der Waals surface area contributed by atoms with Crippen LogP contribution in [-0.4, -0.2) is 84.0 Å². The Hall–Kier alpha value is -2.54. The average molecular weight is 516 g/mol. The lowest BCUT2D eigenvalue weighted by molar-refractivity contribution is -0.142. The van der Waals surface area contributed by atoms with Crippen molar-refractivity contribution in [3.63, 3.8) is 0 Å². The zero-order valence-corrected chi connectivity index (χ0v) is 21.7. The Labute approximate surface area is 211 Å². The second-order valence-electron chi connectivity index (χ2n) is 9.03. The molecule has 4 atom stereocenters. The van der Waals surface area contributed by atoms with Crippen LogP contribution in [0.5, 0.6) is 0 Å². The highest BCUT2D eigenvalue weighted by atomic mass is 32.2. The molecular formula is C22H41N7O5S. The van der Waals surface area contributed by atoms with Crippen molar-refractivity contribution in [2.24, 2.45) is 22.4 Å². The van der Waals surface area contributed by atoms with Gasteiger partial charge in [0.1, 0.15) is 18.1 Å². The number of carboxylic acids is 1. The first-order valence-electron chi connectivity index (χ1n) is 12.0. The van der Waals surface area contributed by atoms with Gasteiger partial charge in [0.25, 0.3) is 0 Å². The molecular weight excluding hydrogens is 474 g/mol. The third-order valence-electron chi connectivity index (χ3n) is 5.52. The molecule has 1 heterocycles. The van der Waals surface area contributed by atoms with Crippen molar-refractivity contribution in [3.05, 3.63) is 0 Å². The van der Waals surface area contributed by atoms with Crippen LogP contribution in [0.25, 0.3) is 0 Å². The molecule has 4 unspecified atom stereocenters. The van der Waals surface area contributed by atoms with Crippen LogP contribution >= 0.6 is 11.8 Å². The first-order chi connectivity index (χ1) is 16.5. The van der Waals surface area contributed by atoms with Crippen molar-refractivity contribution in [2.75, 3.05) is 25.1 Å². The van der Waals surface area contributed by atoms with E-state index in [0.29, 0.717) is 25.0 Å². The maximum Gasteiger partial charge on any atom is 0.326 e. The van der Waals surface area contributed by atoms with Crippen molar-refractivity contribution < 1.29 is 24.3 Å². The predicted molar refractivity (Wildman–Crippen MR) is 137 cm³/mol. The Bertz CT molecular complexity index is 740. The first kappa shape index (κ1) is 30.5. The lowest BCUT2D eigenvalue weighted by Crippen LogP contribution is -2.57. The summed E-state index contributed by atoms with van der Waals surface area (Å²) in [7, 11) is 0. The number of nitrogens with two attached hydrogens (primary N) is 2. The lowest BCUT2D eigenvalue weighted by Gasteiger charge is -2.25. The number of thioether (sulfide) groups is 1. The van der Waals surface area contributed by atoms with E-state index in [0.717, 1.165) is 13.0 Å². The molecule has 12 nitrogen and oxygen atoms in total. The monoisotopic (exact) mass is 515 g/mol. The standard InChI is InChI=1S/C22H41N7O5S/c1-13(2)12-17(21(33)34)29-19(31)15(7-5-10-26-22(23)24)27-20(32)16(8-11-35-3)28-18(30)14-6-4-9-25-14/h13-17,25H,4-12H2,1-3H3,(H,27,32)(H,28,30)(H,29,31)(H,33,34)(H4,23,24,26). The predicted octanol–water partition coefficient (Wildman–Crippen LogP) is -0.870. The second-order valence-corrected chi connectivity index (χ2v) is 10.0. The van der Waals surface area contributed by atoms with Crippen molar-refractivity contribution >= 4 is 41.4 Å². The first-order valence-corrected chi connectivity index (χ1v) is 13.4. The number of hydrogen-bond donors (Lipinski definition) is 7. The van der Waals surface area contributed by atoms with Crippen LogP contribution in [0.2, 0.25) is 0 Å². The van der Waals surface area contributed by atoms with E-state index in [9.17, 15) is 24.3 Å². The summed E-state index contributed by atoms with van der Waals surface area (Å²) >= 11 is 1.54. The molecule has 200 valence electrons. The van der Waals surface area contributed by atoms with Gasteiger partial charge in [-0.3, -0.25) is 19.4 Å². The van der Waals surface area contributed by atoms with Crippen LogP contribution in [0.15, 0.2) is 4.99 Å². The number of carbonyl (C=O) groups is 4. The molecule has 3 amide bonds. The van der Waals surface area contributed by atoms with Gasteiger partial charge < -0.3 is 37.8 Å². The number of amides is 3. The Kier molecular flexibility index (Phi) is 14.1. The summed E-state index contributed by atoms with van der Waals surface area (Å²) < 4.78 is 0. The van der Waals surface area contributed by atoms with Crippen LogP contribution in [0, 0.1) is 5.92 Å². The number of nitrogens with zero attached hydrogens (tertiary/aromatic N) is 1. The van der Waals surface area contributed by atoms with Gasteiger partial charge in [-0.05, 0) is 63.0 Å². The molecule has 0 aromatic heterocycles. The summed E-state index contributed by atoms with van der Waals surface area (Å²) in [5.41, 5.74) is 10.7. The molecule has 0 aromatic rings. The number of guanidine groups is 1. The molecule has 0 aliphatic carbocycles. The van der Waals surface area contributed by atoms with Gasteiger partial charge in [-0.15, -0.1) is 0 Å². The maximum atomic E-state index is 13.1. The molecule has 0 aromatic carbocycles.